The van der Waals surface area contributed by atoms with Gasteiger partial charge in [0.15, 0.2) is 0 Å². The number of anilines is 2. The number of nitro benzene ring substituents is 1. The van der Waals surface area contributed by atoms with Crippen molar-refractivity contribution >= 4 is 44.6 Å². The Morgan fingerprint density at radius 2 is 1.83 bits per heavy atom. The van der Waals surface area contributed by atoms with E-state index in [1.54, 1.807) is 12.1 Å². The summed E-state index contributed by atoms with van der Waals surface area (Å²) in [4.78, 5) is 10.5. The van der Waals surface area contributed by atoms with Crippen LogP contribution in [0.2, 0.25) is 5.02 Å². The predicted molar refractivity (Wildman–Crippen MR) is 75.5 cm³/mol. The number of nitro groups is 1. The van der Waals surface area contributed by atoms with Gasteiger partial charge in [0, 0.05) is 10.2 Å². The van der Waals surface area contributed by atoms with E-state index in [2.05, 4.69) is 21.2 Å². The highest BCUT2D eigenvalue weighted by Crippen LogP contribution is 2.34. The normalized spacial score (nSPS) is 10.1. The number of halogens is 2. The van der Waals surface area contributed by atoms with Crippen LogP contribution in [0.4, 0.5) is 17.1 Å². The van der Waals surface area contributed by atoms with Gasteiger partial charge in [-0.15, -0.1) is 0 Å². The van der Waals surface area contributed by atoms with E-state index in [9.17, 15) is 10.1 Å². The van der Waals surface area contributed by atoms with Crippen LogP contribution >= 0.6 is 27.5 Å². The molecule has 1 N–H and O–H groups in total. The van der Waals surface area contributed by atoms with Crippen molar-refractivity contribution in [2.45, 2.75) is 0 Å². The molecule has 2 aromatic rings. The van der Waals surface area contributed by atoms with Gasteiger partial charge in [-0.05, 0) is 36.4 Å². The minimum Gasteiger partial charge on any atom is -0.350 e. The molecule has 0 aliphatic heterocycles. The van der Waals surface area contributed by atoms with Crippen LogP contribution in [0.15, 0.2) is 46.9 Å². The zero-order valence-corrected chi connectivity index (χ0v) is 11.4. The zero-order valence-electron chi connectivity index (χ0n) is 9.06. The molecular weight excluding hydrogens is 320 g/mol. The molecular formula is C12H8BrClN2O2. The van der Waals surface area contributed by atoms with Crippen molar-refractivity contribution < 1.29 is 4.92 Å². The highest BCUT2D eigenvalue weighted by atomic mass is 79.9. The molecule has 0 aromatic heterocycles. The van der Waals surface area contributed by atoms with E-state index >= 15 is 0 Å². The molecule has 0 radical (unpaired) electrons. The summed E-state index contributed by atoms with van der Waals surface area (Å²) in [5.41, 5.74) is 1.00. The van der Waals surface area contributed by atoms with Crippen molar-refractivity contribution in [3.8, 4) is 0 Å². The molecule has 6 heteroatoms. The molecule has 0 unspecified atom stereocenters. The molecule has 2 rings (SSSR count). The molecule has 0 amide bonds. The molecule has 4 nitrogen and oxygen atoms in total. The van der Waals surface area contributed by atoms with Crippen LogP contribution < -0.4 is 5.32 Å². The lowest BCUT2D eigenvalue weighted by molar-refractivity contribution is -0.383. The fourth-order valence-electron chi connectivity index (χ4n) is 1.49. The van der Waals surface area contributed by atoms with Gasteiger partial charge in [-0.25, -0.2) is 0 Å². The summed E-state index contributed by atoms with van der Waals surface area (Å²) in [7, 11) is 0. The Labute approximate surface area is 117 Å². The SMILES string of the molecule is O=[N+]([O-])c1c(Cl)cccc1Nc1ccc(Br)cc1. The molecule has 92 valence electrons. The number of nitrogens with one attached hydrogen (secondary N) is 1. The Bertz CT molecular complexity index is 587. The molecule has 0 saturated carbocycles. The molecule has 2 aromatic carbocycles. The summed E-state index contributed by atoms with van der Waals surface area (Å²) in [5, 5.41) is 14.0. The summed E-state index contributed by atoms with van der Waals surface area (Å²) in [6.07, 6.45) is 0. The molecule has 0 bridgehead atoms. The number of hydrogen-bond donors (Lipinski definition) is 1. The number of para-hydroxylation sites is 1. The number of rotatable bonds is 3. The highest BCUT2D eigenvalue weighted by molar-refractivity contribution is 9.10. The van der Waals surface area contributed by atoms with Crippen LogP contribution in [-0.2, 0) is 0 Å². The topological polar surface area (TPSA) is 55.2 Å². The summed E-state index contributed by atoms with van der Waals surface area (Å²) in [5.74, 6) is 0. The van der Waals surface area contributed by atoms with Crippen LogP contribution in [0.3, 0.4) is 0 Å². The average Bonchev–Trinajstić information content (AvgIpc) is 2.32. The third-order valence-corrected chi connectivity index (χ3v) is 3.13. The first kappa shape index (κ1) is 12.9. The second kappa shape index (κ2) is 5.37. The third-order valence-electron chi connectivity index (χ3n) is 2.29. The van der Waals surface area contributed by atoms with Crippen molar-refractivity contribution in [2.75, 3.05) is 5.32 Å². The second-order valence-corrected chi connectivity index (χ2v) is 4.85. The molecule has 0 spiro atoms. The highest BCUT2D eigenvalue weighted by Gasteiger charge is 2.18. The van der Waals surface area contributed by atoms with Crippen molar-refractivity contribution in [1.82, 2.24) is 0 Å². The fraction of sp³-hybridized carbons (Fsp3) is 0. The largest absolute Gasteiger partial charge is 0.350 e. The van der Waals surface area contributed by atoms with Crippen LogP contribution in [0.25, 0.3) is 0 Å². The summed E-state index contributed by atoms with van der Waals surface area (Å²) < 4.78 is 0.939. The van der Waals surface area contributed by atoms with Gasteiger partial charge >= 0.3 is 5.69 Å². The first-order chi connectivity index (χ1) is 8.58. The van der Waals surface area contributed by atoms with Crippen LogP contribution in [-0.4, -0.2) is 4.92 Å². The third kappa shape index (κ3) is 2.80. The lowest BCUT2D eigenvalue weighted by Gasteiger charge is -2.07. The Kier molecular flexibility index (Phi) is 3.84. The van der Waals surface area contributed by atoms with E-state index in [1.165, 1.54) is 6.07 Å². The maximum atomic E-state index is 11.0. The van der Waals surface area contributed by atoms with Crippen molar-refractivity contribution in [1.29, 1.82) is 0 Å². The smallest absolute Gasteiger partial charge is 0.311 e. The fourth-order valence-corrected chi connectivity index (χ4v) is 2.00. The zero-order chi connectivity index (χ0) is 13.1. The van der Waals surface area contributed by atoms with E-state index in [-0.39, 0.29) is 10.7 Å². The Morgan fingerprint density at radius 1 is 1.17 bits per heavy atom. The molecule has 0 atom stereocenters. The number of benzene rings is 2. The van der Waals surface area contributed by atoms with Crippen molar-refractivity contribution in [3.63, 3.8) is 0 Å². The second-order valence-electron chi connectivity index (χ2n) is 3.53. The Morgan fingerprint density at radius 3 is 2.44 bits per heavy atom. The first-order valence-electron chi connectivity index (χ1n) is 5.03. The van der Waals surface area contributed by atoms with Gasteiger partial charge in [0.25, 0.3) is 0 Å². The molecule has 0 aliphatic carbocycles. The van der Waals surface area contributed by atoms with Gasteiger partial charge in [0.05, 0.1) is 4.92 Å². The van der Waals surface area contributed by atoms with Gasteiger partial charge < -0.3 is 5.32 Å². The maximum absolute atomic E-state index is 11.0. The van der Waals surface area contributed by atoms with E-state index in [0.717, 1.165) is 10.2 Å². The standard InChI is InChI=1S/C12H8BrClN2O2/c13-8-4-6-9(7-5-8)15-11-3-1-2-10(14)12(11)16(17)18/h1-7,15H. The van der Waals surface area contributed by atoms with E-state index < -0.39 is 4.92 Å². The molecule has 0 aliphatic rings. The van der Waals surface area contributed by atoms with Gasteiger partial charge in [0.1, 0.15) is 10.7 Å². The van der Waals surface area contributed by atoms with Gasteiger partial charge in [-0.3, -0.25) is 10.1 Å². The Hall–Kier alpha value is -1.59. The number of hydrogen-bond acceptors (Lipinski definition) is 3. The molecule has 0 saturated heterocycles. The lowest BCUT2D eigenvalue weighted by Crippen LogP contribution is -1.97. The maximum Gasteiger partial charge on any atom is 0.311 e. The predicted octanol–water partition coefficient (Wildman–Crippen LogP) is 4.75. The molecule has 18 heavy (non-hydrogen) atoms. The van der Waals surface area contributed by atoms with Gasteiger partial charge in [-0.1, -0.05) is 33.6 Å². The minimum absolute atomic E-state index is 0.113. The summed E-state index contributed by atoms with van der Waals surface area (Å²) in [6, 6.07) is 12.1. The lowest BCUT2D eigenvalue weighted by atomic mass is 10.2. The van der Waals surface area contributed by atoms with Crippen molar-refractivity contribution in [2.24, 2.45) is 0 Å². The molecule has 0 fully saturated rings. The number of nitrogens with zero attached hydrogens (tertiary/aromatic N) is 1. The van der Waals surface area contributed by atoms with Crippen LogP contribution in [0.1, 0.15) is 0 Å². The van der Waals surface area contributed by atoms with E-state index in [4.69, 9.17) is 11.6 Å². The monoisotopic (exact) mass is 326 g/mol. The van der Waals surface area contributed by atoms with Crippen molar-refractivity contribution in [3.05, 3.63) is 62.1 Å². The minimum atomic E-state index is -0.497. The molecule has 0 heterocycles. The Balaban J connectivity index is 2.37. The summed E-state index contributed by atoms with van der Waals surface area (Å²) >= 11 is 9.15. The quantitative estimate of drug-likeness (QED) is 0.653. The van der Waals surface area contributed by atoms with Gasteiger partial charge in [-0.2, -0.15) is 0 Å². The van der Waals surface area contributed by atoms with Gasteiger partial charge in [0.2, 0.25) is 0 Å². The van der Waals surface area contributed by atoms with Crippen LogP contribution in [0, 0.1) is 10.1 Å². The van der Waals surface area contributed by atoms with E-state index in [0.29, 0.717) is 5.69 Å². The first-order valence-corrected chi connectivity index (χ1v) is 6.20. The van der Waals surface area contributed by atoms with Crippen LogP contribution in [0.5, 0.6) is 0 Å². The van der Waals surface area contributed by atoms with E-state index in [1.807, 2.05) is 24.3 Å². The summed E-state index contributed by atoms with van der Waals surface area (Å²) in [6.45, 7) is 0. The average molecular weight is 328 g/mol.